The van der Waals surface area contributed by atoms with Crippen LogP contribution in [0, 0.1) is 6.92 Å². The van der Waals surface area contributed by atoms with Gasteiger partial charge in [-0.15, -0.1) is 0 Å². The first-order chi connectivity index (χ1) is 9.29. The molecule has 7 heteroatoms. The summed E-state index contributed by atoms with van der Waals surface area (Å²) in [5.74, 6) is -0.399. The van der Waals surface area contributed by atoms with Crippen molar-refractivity contribution in [2.24, 2.45) is 7.05 Å². The van der Waals surface area contributed by atoms with Crippen molar-refractivity contribution < 1.29 is 13.2 Å². The molecule has 0 aliphatic heterocycles. The number of aryl methyl sites for hydroxylation is 2. The van der Waals surface area contributed by atoms with Gasteiger partial charge in [0.25, 0.3) is 5.91 Å². The molecule has 0 aliphatic rings. The lowest BCUT2D eigenvalue weighted by atomic mass is 10.3. The summed E-state index contributed by atoms with van der Waals surface area (Å²) in [5, 5.41) is 6.69. The molecule has 0 aliphatic carbocycles. The van der Waals surface area contributed by atoms with Crippen molar-refractivity contribution in [3.63, 3.8) is 0 Å². The number of sulfone groups is 1. The topological polar surface area (TPSA) is 81.1 Å². The van der Waals surface area contributed by atoms with E-state index in [-0.39, 0.29) is 10.6 Å². The third-order valence-electron chi connectivity index (χ3n) is 2.77. The van der Waals surface area contributed by atoms with Gasteiger partial charge < -0.3 is 5.32 Å². The van der Waals surface area contributed by atoms with Gasteiger partial charge in [0.05, 0.1) is 16.3 Å². The number of hydrogen-bond acceptors (Lipinski definition) is 4. The zero-order valence-electron chi connectivity index (χ0n) is 11.4. The SMILES string of the molecule is Cc1cc(C(=O)Nc2ccccc2S(C)(=O)=O)n(C)n1. The number of nitrogens with one attached hydrogen (secondary N) is 1. The molecular weight excluding hydrogens is 278 g/mol. The highest BCUT2D eigenvalue weighted by molar-refractivity contribution is 7.90. The van der Waals surface area contributed by atoms with Crippen LogP contribution >= 0.6 is 0 Å². The van der Waals surface area contributed by atoms with Crippen LogP contribution in [-0.4, -0.2) is 30.4 Å². The molecule has 0 fully saturated rings. The molecule has 0 atom stereocenters. The Balaban J connectivity index is 2.36. The summed E-state index contributed by atoms with van der Waals surface area (Å²) in [4.78, 5) is 12.3. The number of carbonyl (C=O) groups excluding carboxylic acids is 1. The van der Waals surface area contributed by atoms with E-state index in [0.29, 0.717) is 11.4 Å². The fourth-order valence-corrected chi connectivity index (χ4v) is 2.75. The summed E-state index contributed by atoms with van der Waals surface area (Å²) < 4.78 is 24.8. The molecule has 1 aromatic heterocycles. The van der Waals surface area contributed by atoms with E-state index in [1.165, 1.54) is 10.7 Å². The Labute approximate surface area is 117 Å². The van der Waals surface area contributed by atoms with Crippen molar-refractivity contribution in [2.75, 3.05) is 11.6 Å². The number of benzene rings is 1. The van der Waals surface area contributed by atoms with Gasteiger partial charge in [-0.25, -0.2) is 8.42 Å². The zero-order chi connectivity index (χ0) is 14.9. The van der Waals surface area contributed by atoms with E-state index >= 15 is 0 Å². The van der Waals surface area contributed by atoms with Crippen molar-refractivity contribution in [3.8, 4) is 0 Å². The van der Waals surface area contributed by atoms with Crippen LogP contribution in [-0.2, 0) is 16.9 Å². The zero-order valence-corrected chi connectivity index (χ0v) is 12.2. The third-order valence-corrected chi connectivity index (χ3v) is 3.92. The molecular formula is C13H15N3O3S. The number of rotatable bonds is 3. The van der Waals surface area contributed by atoms with Crippen LogP contribution in [0.25, 0.3) is 0 Å². The maximum Gasteiger partial charge on any atom is 0.273 e. The third kappa shape index (κ3) is 2.88. The van der Waals surface area contributed by atoms with Crippen LogP contribution in [0.4, 0.5) is 5.69 Å². The van der Waals surface area contributed by atoms with Gasteiger partial charge in [0.2, 0.25) is 0 Å². The molecule has 2 aromatic rings. The highest BCUT2D eigenvalue weighted by Gasteiger charge is 2.17. The maximum absolute atomic E-state index is 12.2. The average Bonchev–Trinajstić information content (AvgIpc) is 2.68. The molecule has 0 unspecified atom stereocenters. The Morgan fingerprint density at radius 2 is 1.95 bits per heavy atom. The first-order valence-electron chi connectivity index (χ1n) is 5.90. The molecule has 0 bridgehead atoms. The molecule has 106 valence electrons. The Bertz CT molecular complexity index is 763. The van der Waals surface area contributed by atoms with Gasteiger partial charge in [-0.1, -0.05) is 12.1 Å². The lowest BCUT2D eigenvalue weighted by Crippen LogP contribution is -2.17. The van der Waals surface area contributed by atoms with Gasteiger partial charge in [-0.05, 0) is 25.1 Å². The number of para-hydroxylation sites is 1. The second-order valence-electron chi connectivity index (χ2n) is 4.52. The predicted octanol–water partition coefficient (Wildman–Crippen LogP) is 1.38. The monoisotopic (exact) mass is 293 g/mol. The molecule has 0 radical (unpaired) electrons. The summed E-state index contributed by atoms with van der Waals surface area (Å²) in [6.45, 7) is 1.78. The summed E-state index contributed by atoms with van der Waals surface area (Å²) >= 11 is 0. The van der Waals surface area contributed by atoms with E-state index in [1.54, 1.807) is 38.2 Å². The van der Waals surface area contributed by atoms with Crippen LogP contribution < -0.4 is 5.32 Å². The minimum absolute atomic E-state index is 0.0900. The fraction of sp³-hybridized carbons (Fsp3) is 0.231. The van der Waals surface area contributed by atoms with Gasteiger partial charge in [-0.3, -0.25) is 9.48 Å². The lowest BCUT2D eigenvalue weighted by Gasteiger charge is -2.09. The van der Waals surface area contributed by atoms with E-state index in [4.69, 9.17) is 0 Å². The Hall–Kier alpha value is -2.15. The molecule has 0 saturated heterocycles. The van der Waals surface area contributed by atoms with Crippen molar-refractivity contribution >= 4 is 21.4 Å². The van der Waals surface area contributed by atoms with Crippen LogP contribution in [0.5, 0.6) is 0 Å². The average molecular weight is 293 g/mol. The van der Waals surface area contributed by atoms with Crippen molar-refractivity contribution in [2.45, 2.75) is 11.8 Å². The lowest BCUT2D eigenvalue weighted by molar-refractivity contribution is 0.101. The largest absolute Gasteiger partial charge is 0.319 e. The number of carbonyl (C=O) groups is 1. The number of anilines is 1. The number of aromatic nitrogens is 2. The predicted molar refractivity (Wildman–Crippen MR) is 75.5 cm³/mol. The van der Waals surface area contributed by atoms with Crippen molar-refractivity contribution in [1.29, 1.82) is 0 Å². The van der Waals surface area contributed by atoms with Gasteiger partial charge in [0.1, 0.15) is 5.69 Å². The van der Waals surface area contributed by atoms with Gasteiger partial charge in [0.15, 0.2) is 9.84 Å². The summed E-state index contributed by atoms with van der Waals surface area (Å²) in [6.07, 6.45) is 1.10. The van der Waals surface area contributed by atoms with Gasteiger partial charge in [0, 0.05) is 13.3 Å². The highest BCUT2D eigenvalue weighted by Crippen LogP contribution is 2.21. The van der Waals surface area contributed by atoms with E-state index in [0.717, 1.165) is 6.26 Å². The smallest absolute Gasteiger partial charge is 0.273 e. The van der Waals surface area contributed by atoms with Crippen LogP contribution in [0.1, 0.15) is 16.2 Å². The fourth-order valence-electron chi connectivity index (χ4n) is 1.90. The molecule has 1 heterocycles. The first kappa shape index (κ1) is 14.3. The molecule has 20 heavy (non-hydrogen) atoms. The molecule has 1 N–H and O–H groups in total. The molecule has 0 saturated carbocycles. The second-order valence-corrected chi connectivity index (χ2v) is 6.50. The minimum atomic E-state index is -3.40. The van der Waals surface area contributed by atoms with Crippen molar-refractivity contribution in [1.82, 2.24) is 9.78 Å². The van der Waals surface area contributed by atoms with Crippen molar-refractivity contribution in [3.05, 3.63) is 41.7 Å². The van der Waals surface area contributed by atoms with E-state index in [2.05, 4.69) is 10.4 Å². The summed E-state index contributed by atoms with van der Waals surface area (Å²) in [6, 6.07) is 7.92. The minimum Gasteiger partial charge on any atom is -0.319 e. The molecule has 1 amide bonds. The van der Waals surface area contributed by atoms with Crippen LogP contribution in [0.2, 0.25) is 0 Å². The van der Waals surface area contributed by atoms with Gasteiger partial charge in [-0.2, -0.15) is 5.10 Å². The molecule has 0 spiro atoms. The normalized spacial score (nSPS) is 11.3. The Kier molecular flexibility index (Phi) is 3.63. The van der Waals surface area contributed by atoms with Crippen LogP contribution in [0.15, 0.2) is 35.2 Å². The van der Waals surface area contributed by atoms with E-state index in [1.807, 2.05) is 0 Å². The number of nitrogens with zero attached hydrogens (tertiary/aromatic N) is 2. The quantitative estimate of drug-likeness (QED) is 0.927. The van der Waals surface area contributed by atoms with E-state index in [9.17, 15) is 13.2 Å². The Morgan fingerprint density at radius 3 is 2.50 bits per heavy atom. The highest BCUT2D eigenvalue weighted by atomic mass is 32.2. The summed E-state index contributed by atoms with van der Waals surface area (Å²) in [5.41, 5.74) is 1.35. The standard InChI is InChI=1S/C13H15N3O3S/c1-9-8-11(16(2)15-9)13(17)14-10-6-4-5-7-12(10)20(3,18)19/h4-8H,1-3H3,(H,14,17). The maximum atomic E-state index is 12.2. The Morgan fingerprint density at radius 1 is 1.30 bits per heavy atom. The molecule has 1 aromatic carbocycles. The van der Waals surface area contributed by atoms with Gasteiger partial charge >= 0.3 is 0 Å². The first-order valence-corrected chi connectivity index (χ1v) is 7.79. The second kappa shape index (κ2) is 5.09. The van der Waals surface area contributed by atoms with Crippen LogP contribution in [0.3, 0.4) is 0 Å². The number of hydrogen-bond donors (Lipinski definition) is 1. The molecule has 6 nitrogen and oxygen atoms in total. The van der Waals surface area contributed by atoms with E-state index < -0.39 is 15.7 Å². The summed E-state index contributed by atoms with van der Waals surface area (Å²) in [7, 11) is -1.75. The molecule has 2 rings (SSSR count). The number of amides is 1.